The summed E-state index contributed by atoms with van der Waals surface area (Å²) < 4.78 is 14.0. The van der Waals surface area contributed by atoms with Crippen LogP contribution in [0.4, 0.5) is 27.4 Å². The highest BCUT2D eigenvalue weighted by Crippen LogP contribution is 2.23. The summed E-state index contributed by atoms with van der Waals surface area (Å²) in [6.45, 7) is 3.09. The first-order valence-corrected chi connectivity index (χ1v) is 8.68. The van der Waals surface area contributed by atoms with Gasteiger partial charge in [-0.1, -0.05) is 30.3 Å². The predicted molar refractivity (Wildman–Crippen MR) is 103 cm³/mol. The van der Waals surface area contributed by atoms with Crippen molar-refractivity contribution >= 4 is 23.0 Å². The molecule has 1 N–H and O–H groups in total. The maximum Gasteiger partial charge on any atom is 0.146 e. The van der Waals surface area contributed by atoms with Gasteiger partial charge in [0.25, 0.3) is 0 Å². The second-order valence-electron chi connectivity index (χ2n) is 6.18. The number of aromatic nitrogens is 2. The minimum Gasteiger partial charge on any atom is -0.366 e. The maximum absolute atomic E-state index is 14.0. The van der Waals surface area contributed by atoms with Gasteiger partial charge in [-0.3, -0.25) is 0 Å². The minimum absolute atomic E-state index is 0.169. The zero-order valence-corrected chi connectivity index (χ0v) is 14.3. The minimum atomic E-state index is -0.169. The largest absolute Gasteiger partial charge is 0.366 e. The molecule has 5 nitrogen and oxygen atoms in total. The van der Waals surface area contributed by atoms with Crippen LogP contribution < -0.4 is 15.1 Å². The van der Waals surface area contributed by atoms with E-state index >= 15 is 0 Å². The van der Waals surface area contributed by atoms with Crippen LogP contribution in [0.5, 0.6) is 0 Å². The van der Waals surface area contributed by atoms with Gasteiger partial charge >= 0.3 is 0 Å². The number of hydrogen-bond acceptors (Lipinski definition) is 5. The fourth-order valence-electron chi connectivity index (χ4n) is 3.14. The van der Waals surface area contributed by atoms with E-state index in [0.717, 1.165) is 43.5 Å². The molecular weight excluding hydrogens is 329 g/mol. The summed E-state index contributed by atoms with van der Waals surface area (Å²) in [6.07, 6.45) is 1.57. The molecule has 4 rings (SSSR count). The number of anilines is 4. The van der Waals surface area contributed by atoms with Gasteiger partial charge < -0.3 is 15.1 Å². The fourth-order valence-corrected chi connectivity index (χ4v) is 3.14. The van der Waals surface area contributed by atoms with E-state index in [-0.39, 0.29) is 5.82 Å². The van der Waals surface area contributed by atoms with Crippen LogP contribution in [0.2, 0.25) is 0 Å². The van der Waals surface area contributed by atoms with Crippen molar-refractivity contribution in [3.8, 4) is 0 Å². The normalized spacial score (nSPS) is 14.3. The molecule has 0 spiro atoms. The molecule has 0 unspecified atom stereocenters. The quantitative estimate of drug-likeness (QED) is 0.778. The third-order valence-electron chi connectivity index (χ3n) is 4.50. The first-order valence-electron chi connectivity index (χ1n) is 8.68. The van der Waals surface area contributed by atoms with Crippen molar-refractivity contribution in [1.82, 2.24) is 9.97 Å². The Bertz CT molecular complexity index is 863. The molecule has 6 heteroatoms. The predicted octanol–water partition coefficient (Wildman–Crippen LogP) is 3.69. The number of benzene rings is 2. The lowest BCUT2D eigenvalue weighted by Gasteiger charge is -2.36. The molecule has 132 valence electrons. The van der Waals surface area contributed by atoms with Gasteiger partial charge in [0, 0.05) is 37.9 Å². The van der Waals surface area contributed by atoms with E-state index in [4.69, 9.17) is 0 Å². The van der Waals surface area contributed by atoms with Crippen molar-refractivity contribution < 1.29 is 4.39 Å². The number of para-hydroxylation sites is 2. The Morgan fingerprint density at radius 2 is 1.50 bits per heavy atom. The maximum atomic E-state index is 14.0. The standard InChI is InChI=1S/C20H20FN5/c21-17-8-4-5-9-18(17)25-10-12-26(13-11-25)20-14-19(22-15-23-20)24-16-6-2-1-3-7-16/h1-9,14-15H,10-13H2,(H,22,23,24). The van der Waals surface area contributed by atoms with Crippen LogP contribution in [0.3, 0.4) is 0 Å². The smallest absolute Gasteiger partial charge is 0.146 e. The Labute approximate surface area is 152 Å². The topological polar surface area (TPSA) is 44.3 Å². The van der Waals surface area contributed by atoms with Gasteiger partial charge in [0.1, 0.15) is 23.8 Å². The van der Waals surface area contributed by atoms with E-state index in [1.54, 1.807) is 12.4 Å². The second kappa shape index (κ2) is 7.39. The number of nitrogens with one attached hydrogen (secondary N) is 1. The van der Waals surface area contributed by atoms with Gasteiger partial charge in [0.15, 0.2) is 0 Å². The molecule has 0 amide bonds. The average Bonchev–Trinajstić information content (AvgIpc) is 2.70. The molecule has 0 atom stereocenters. The average molecular weight is 349 g/mol. The lowest BCUT2D eigenvalue weighted by Crippen LogP contribution is -2.47. The summed E-state index contributed by atoms with van der Waals surface area (Å²) in [5, 5.41) is 3.29. The highest BCUT2D eigenvalue weighted by molar-refractivity contribution is 5.59. The Hall–Kier alpha value is -3.15. The number of hydrogen-bond donors (Lipinski definition) is 1. The highest BCUT2D eigenvalue weighted by atomic mass is 19.1. The summed E-state index contributed by atoms with van der Waals surface area (Å²) in [5.74, 6) is 1.47. The molecule has 2 aromatic carbocycles. The van der Waals surface area contributed by atoms with E-state index < -0.39 is 0 Å². The van der Waals surface area contributed by atoms with Gasteiger partial charge in [-0.25, -0.2) is 14.4 Å². The molecule has 1 aliphatic rings. The number of halogens is 1. The van der Waals surface area contributed by atoms with E-state index in [1.807, 2.05) is 48.5 Å². The fraction of sp³-hybridized carbons (Fsp3) is 0.200. The summed E-state index contributed by atoms with van der Waals surface area (Å²) in [7, 11) is 0. The van der Waals surface area contributed by atoms with Gasteiger partial charge in [-0.05, 0) is 24.3 Å². The molecule has 1 fully saturated rings. The molecule has 2 heterocycles. The molecule has 1 saturated heterocycles. The second-order valence-corrected chi connectivity index (χ2v) is 6.18. The third kappa shape index (κ3) is 3.59. The molecule has 26 heavy (non-hydrogen) atoms. The van der Waals surface area contributed by atoms with E-state index in [1.165, 1.54) is 6.07 Å². The first-order chi connectivity index (χ1) is 12.8. The zero-order valence-electron chi connectivity index (χ0n) is 14.3. The molecule has 0 radical (unpaired) electrons. The van der Waals surface area contributed by atoms with Gasteiger partial charge in [-0.2, -0.15) is 0 Å². The Balaban J connectivity index is 1.43. The van der Waals surface area contributed by atoms with Crippen molar-refractivity contribution in [3.63, 3.8) is 0 Å². The van der Waals surface area contributed by atoms with Crippen molar-refractivity contribution in [2.45, 2.75) is 0 Å². The Kier molecular flexibility index (Phi) is 4.64. The highest BCUT2D eigenvalue weighted by Gasteiger charge is 2.20. The monoisotopic (exact) mass is 349 g/mol. The molecular formula is C20H20FN5. The number of rotatable bonds is 4. The lowest BCUT2D eigenvalue weighted by molar-refractivity contribution is 0.596. The van der Waals surface area contributed by atoms with E-state index in [2.05, 4.69) is 25.1 Å². The van der Waals surface area contributed by atoms with Crippen LogP contribution in [0.25, 0.3) is 0 Å². The van der Waals surface area contributed by atoms with Crippen LogP contribution in [0, 0.1) is 5.82 Å². The third-order valence-corrected chi connectivity index (χ3v) is 4.50. The molecule has 1 aromatic heterocycles. The van der Waals surface area contributed by atoms with Crippen LogP contribution >= 0.6 is 0 Å². The first kappa shape index (κ1) is 16.3. The zero-order chi connectivity index (χ0) is 17.8. The molecule has 0 bridgehead atoms. The number of piperazine rings is 1. The van der Waals surface area contributed by atoms with Crippen LogP contribution in [-0.4, -0.2) is 36.1 Å². The van der Waals surface area contributed by atoms with Gasteiger partial charge in [0.05, 0.1) is 5.69 Å². The summed E-state index contributed by atoms with van der Waals surface area (Å²) >= 11 is 0. The molecule has 1 aliphatic heterocycles. The van der Waals surface area contributed by atoms with Gasteiger partial charge in [-0.15, -0.1) is 0 Å². The van der Waals surface area contributed by atoms with Crippen molar-refractivity contribution in [2.75, 3.05) is 41.3 Å². The molecule has 0 aliphatic carbocycles. The van der Waals surface area contributed by atoms with Crippen molar-refractivity contribution in [1.29, 1.82) is 0 Å². The number of nitrogens with zero attached hydrogens (tertiary/aromatic N) is 4. The summed E-state index contributed by atoms with van der Waals surface area (Å²) in [6, 6.07) is 18.8. The van der Waals surface area contributed by atoms with Crippen LogP contribution in [0.1, 0.15) is 0 Å². The molecule has 0 saturated carbocycles. The van der Waals surface area contributed by atoms with Crippen LogP contribution in [-0.2, 0) is 0 Å². The van der Waals surface area contributed by atoms with Gasteiger partial charge in [0.2, 0.25) is 0 Å². The SMILES string of the molecule is Fc1ccccc1N1CCN(c2cc(Nc3ccccc3)ncn2)CC1. The summed E-state index contributed by atoms with van der Waals surface area (Å²) in [4.78, 5) is 13.0. The lowest BCUT2D eigenvalue weighted by atomic mass is 10.2. The Morgan fingerprint density at radius 3 is 2.27 bits per heavy atom. The molecule has 3 aromatic rings. The van der Waals surface area contributed by atoms with Crippen molar-refractivity contribution in [2.24, 2.45) is 0 Å². The van der Waals surface area contributed by atoms with Crippen molar-refractivity contribution in [3.05, 3.63) is 72.8 Å². The summed E-state index contributed by atoms with van der Waals surface area (Å²) in [5.41, 5.74) is 1.66. The van der Waals surface area contributed by atoms with E-state index in [0.29, 0.717) is 5.69 Å². The van der Waals surface area contributed by atoms with Crippen LogP contribution in [0.15, 0.2) is 67.0 Å². The van der Waals surface area contributed by atoms with E-state index in [9.17, 15) is 4.39 Å². The Morgan fingerprint density at radius 1 is 0.808 bits per heavy atom.